The first-order chi connectivity index (χ1) is 19.7. The van der Waals surface area contributed by atoms with E-state index in [1.165, 1.54) is 5.56 Å². The van der Waals surface area contributed by atoms with Gasteiger partial charge in [0.15, 0.2) is 0 Å². The minimum Gasteiger partial charge on any atom is -0.497 e. The number of urea groups is 1. The molecule has 1 aliphatic rings. The van der Waals surface area contributed by atoms with Crippen molar-refractivity contribution in [3.63, 3.8) is 0 Å². The van der Waals surface area contributed by atoms with Crippen molar-refractivity contribution >= 4 is 23.3 Å². The molecule has 3 atom stereocenters. The van der Waals surface area contributed by atoms with Crippen molar-refractivity contribution in [1.82, 2.24) is 9.80 Å². The van der Waals surface area contributed by atoms with Gasteiger partial charge in [0.2, 0.25) is 5.91 Å². The summed E-state index contributed by atoms with van der Waals surface area (Å²) in [6, 6.07) is 21.9. The second-order valence-corrected chi connectivity index (χ2v) is 10.7. The van der Waals surface area contributed by atoms with Gasteiger partial charge in [-0.1, -0.05) is 37.3 Å². The number of amides is 3. The van der Waals surface area contributed by atoms with Crippen LogP contribution in [0.15, 0.2) is 72.8 Å². The zero-order chi connectivity index (χ0) is 29.4. The maximum atomic E-state index is 13.5. The Balaban J connectivity index is 1.54. The lowest BCUT2D eigenvalue weighted by atomic mass is 10.0. The van der Waals surface area contributed by atoms with Crippen LogP contribution in [0.1, 0.15) is 25.0 Å². The van der Waals surface area contributed by atoms with Crippen molar-refractivity contribution < 1.29 is 24.2 Å². The molecule has 3 N–H and O–H groups in total. The summed E-state index contributed by atoms with van der Waals surface area (Å²) in [6.07, 6.45) is -0.117. The highest BCUT2D eigenvalue weighted by Gasteiger charge is 2.31. The first kappa shape index (κ1) is 29.9. The SMILES string of the molecule is COc1ccc(NC(=O)Nc2ccc3c(c2)CC(=O)N([C@H](C)CO)C[C@H](C)[C@H](CN(C)Cc2ccccc2)O3)cc1. The number of ether oxygens (including phenoxy) is 2. The minimum absolute atomic E-state index is 0.00481. The monoisotopic (exact) mass is 560 g/mol. The summed E-state index contributed by atoms with van der Waals surface area (Å²) < 4.78 is 11.8. The Morgan fingerprint density at radius 3 is 2.46 bits per heavy atom. The number of aliphatic hydroxyl groups is 1. The number of hydrogen-bond acceptors (Lipinski definition) is 6. The molecular weight excluding hydrogens is 520 g/mol. The molecule has 0 aromatic heterocycles. The van der Waals surface area contributed by atoms with Crippen molar-refractivity contribution in [2.45, 2.75) is 39.0 Å². The normalized spacial score (nSPS) is 17.9. The van der Waals surface area contributed by atoms with Crippen LogP contribution in [0, 0.1) is 5.92 Å². The first-order valence-electron chi connectivity index (χ1n) is 13.9. The van der Waals surface area contributed by atoms with Crippen molar-refractivity contribution in [3.05, 3.63) is 83.9 Å². The van der Waals surface area contributed by atoms with Crippen molar-refractivity contribution in [2.75, 3.05) is 44.5 Å². The van der Waals surface area contributed by atoms with E-state index in [2.05, 4.69) is 41.6 Å². The van der Waals surface area contributed by atoms with E-state index in [-0.39, 0.29) is 37.0 Å². The fourth-order valence-corrected chi connectivity index (χ4v) is 4.96. The predicted octanol–water partition coefficient (Wildman–Crippen LogP) is 4.62. The van der Waals surface area contributed by atoms with Crippen molar-refractivity contribution in [2.24, 2.45) is 5.92 Å². The Labute approximate surface area is 242 Å². The molecule has 0 spiro atoms. The number of carbonyl (C=O) groups excluding carboxylic acids is 2. The number of anilines is 2. The third-order valence-electron chi connectivity index (χ3n) is 7.31. The van der Waals surface area contributed by atoms with Crippen LogP contribution >= 0.6 is 0 Å². The predicted molar refractivity (Wildman–Crippen MR) is 160 cm³/mol. The van der Waals surface area contributed by atoms with Gasteiger partial charge in [0.05, 0.1) is 26.2 Å². The van der Waals surface area contributed by atoms with Gasteiger partial charge in [-0.15, -0.1) is 0 Å². The third kappa shape index (κ3) is 8.22. The molecule has 1 heterocycles. The number of nitrogens with zero attached hydrogens (tertiary/aromatic N) is 2. The van der Waals surface area contributed by atoms with Crippen LogP contribution in [0.4, 0.5) is 16.2 Å². The maximum Gasteiger partial charge on any atom is 0.323 e. The molecule has 9 heteroatoms. The van der Waals surface area contributed by atoms with E-state index in [0.717, 1.165) is 6.54 Å². The number of carbonyl (C=O) groups is 2. The van der Waals surface area contributed by atoms with E-state index >= 15 is 0 Å². The van der Waals surface area contributed by atoms with Gasteiger partial charge in [-0.05, 0) is 62.0 Å². The summed E-state index contributed by atoms with van der Waals surface area (Å²) in [6.45, 7) is 5.68. The molecule has 1 aliphatic heterocycles. The van der Waals surface area contributed by atoms with Crippen molar-refractivity contribution in [1.29, 1.82) is 0 Å². The molecule has 3 aromatic carbocycles. The third-order valence-corrected chi connectivity index (χ3v) is 7.31. The van der Waals surface area contributed by atoms with Crippen LogP contribution in [0.5, 0.6) is 11.5 Å². The lowest BCUT2D eigenvalue weighted by Crippen LogP contribution is -2.47. The Kier molecular flexibility index (Phi) is 10.2. The molecule has 3 amide bonds. The van der Waals surface area contributed by atoms with Gasteiger partial charge in [0.25, 0.3) is 0 Å². The Hall–Kier alpha value is -4.08. The van der Waals surface area contributed by atoms with Gasteiger partial charge in [-0.25, -0.2) is 4.79 Å². The van der Waals surface area contributed by atoms with Gasteiger partial charge in [0, 0.05) is 42.5 Å². The maximum absolute atomic E-state index is 13.5. The summed E-state index contributed by atoms with van der Waals surface area (Å²) >= 11 is 0. The van der Waals surface area contributed by atoms with E-state index < -0.39 is 6.03 Å². The van der Waals surface area contributed by atoms with E-state index in [1.807, 2.05) is 31.2 Å². The molecule has 9 nitrogen and oxygen atoms in total. The van der Waals surface area contributed by atoms with Crippen LogP contribution in [-0.2, 0) is 17.8 Å². The summed E-state index contributed by atoms with van der Waals surface area (Å²) in [5.74, 6) is 1.22. The number of likely N-dealkylation sites (N-methyl/N-ethyl adjacent to an activating group) is 1. The fourth-order valence-electron chi connectivity index (χ4n) is 4.96. The average Bonchev–Trinajstić information content (AvgIpc) is 3.01. The number of aliphatic hydroxyl groups excluding tert-OH is 1. The molecule has 41 heavy (non-hydrogen) atoms. The highest BCUT2D eigenvalue weighted by atomic mass is 16.5. The Bertz CT molecular complexity index is 1300. The zero-order valence-electron chi connectivity index (χ0n) is 24.2. The van der Waals surface area contributed by atoms with E-state index in [1.54, 1.807) is 48.4 Å². The highest BCUT2D eigenvalue weighted by Crippen LogP contribution is 2.29. The van der Waals surface area contributed by atoms with Crippen LogP contribution in [0.2, 0.25) is 0 Å². The standard InChI is InChI=1S/C32H40N4O5/c1-22-18-36(23(2)21-37)31(38)17-25-16-27(34-32(39)33-26-10-13-28(40-4)14-11-26)12-15-29(25)41-30(22)20-35(3)19-24-8-6-5-7-9-24/h5-16,22-23,30,37H,17-21H2,1-4H3,(H2,33,34,39)/t22-,23+,30-/m0/s1. The van der Waals surface area contributed by atoms with E-state index in [0.29, 0.717) is 41.5 Å². The molecule has 0 fully saturated rings. The largest absolute Gasteiger partial charge is 0.497 e. The zero-order valence-corrected chi connectivity index (χ0v) is 24.2. The Morgan fingerprint density at radius 2 is 1.78 bits per heavy atom. The molecule has 0 aliphatic carbocycles. The van der Waals surface area contributed by atoms with Gasteiger partial charge >= 0.3 is 6.03 Å². The molecule has 0 saturated heterocycles. The molecule has 0 bridgehead atoms. The summed E-state index contributed by atoms with van der Waals surface area (Å²) in [5, 5.41) is 15.5. The molecular formula is C32H40N4O5. The average molecular weight is 561 g/mol. The molecule has 0 saturated carbocycles. The minimum atomic E-state index is -0.407. The quantitative estimate of drug-likeness (QED) is 0.353. The number of rotatable bonds is 9. The van der Waals surface area contributed by atoms with Crippen LogP contribution < -0.4 is 20.1 Å². The van der Waals surface area contributed by atoms with E-state index in [4.69, 9.17) is 9.47 Å². The van der Waals surface area contributed by atoms with Crippen LogP contribution in [0.25, 0.3) is 0 Å². The second-order valence-electron chi connectivity index (χ2n) is 10.7. The molecule has 3 aromatic rings. The van der Waals surface area contributed by atoms with Gasteiger partial charge < -0.3 is 30.1 Å². The highest BCUT2D eigenvalue weighted by molar-refractivity contribution is 6.00. The number of benzene rings is 3. The lowest BCUT2D eigenvalue weighted by Gasteiger charge is -2.34. The number of methoxy groups -OCH3 is 1. The number of nitrogens with one attached hydrogen (secondary N) is 2. The van der Waals surface area contributed by atoms with Crippen molar-refractivity contribution in [3.8, 4) is 11.5 Å². The van der Waals surface area contributed by atoms with Crippen LogP contribution in [-0.4, -0.2) is 72.8 Å². The first-order valence-corrected chi connectivity index (χ1v) is 13.9. The van der Waals surface area contributed by atoms with E-state index in [9.17, 15) is 14.7 Å². The molecule has 4 rings (SSSR count). The molecule has 218 valence electrons. The van der Waals surface area contributed by atoms with Gasteiger partial charge in [0.1, 0.15) is 17.6 Å². The number of fused-ring (bicyclic) bond motifs is 1. The molecule has 0 unspecified atom stereocenters. The Morgan fingerprint density at radius 1 is 1.10 bits per heavy atom. The summed E-state index contributed by atoms with van der Waals surface area (Å²) in [5.41, 5.74) is 3.05. The summed E-state index contributed by atoms with van der Waals surface area (Å²) in [7, 11) is 3.64. The van der Waals surface area contributed by atoms with Gasteiger partial charge in [-0.2, -0.15) is 0 Å². The number of hydrogen-bond donors (Lipinski definition) is 3. The summed E-state index contributed by atoms with van der Waals surface area (Å²) in [4.78, 5) is 30.1. The second kappa shape index (κ2) is 14.0. The van der Waals surface area contributed by atoms with Gasteiger partial charge in [-0.3, -0.25) is 9.69 Å². The fraction of sp³-hybridized carbons (Fsp3) is 0.375. The smallest absolute Gasteiger partial charge is 0.323 e. The van der Waals surface area contributed by atoms with Crippen LogP contribution in [0.3, 0.4) is 0 Å². The topological polar surface area (TPSA) is 103 Å². The lowest BCUT2D eigenvalue weighted by molar-refractivity contribution is -0.134. The molecule has 0 radical (unpaired) electrons.